The summed E-state index contributed by atoms with van der Waals surface area (Å²) in [4.78, 5) is 2.27. The highest BCUT2D eigenvalue weighted by atomic mass is 16.5. The number of methoxy groups -OCH3 is 1. The number of nitrogens with zero attached hydrogens (tertiary/aromatic N) is 1. The fourth-order valence-corrected chi connectivity index (χ4v) is 2.24. The van der Waals surface area contributed by atoms with Gasteiger partial charge in [0.2, 0.25) is 0 Å². The summed E-state index contributed by atoms with van der Waals surface area (Å²) in [6.45, 7) is 6.94. The quantitative estimate of drug-likeness (QED) is 0.755. The molecule has 3 heteroatoms. The molecule has 0 aliphatic heterocycles. The fraction of sp³-hybridized carbons (Fsp3) is 0.600. The van der Waals surface area contributed by atoms with E-state index in [2.05, 4.69) is 44.0 Å². The number of likely N-dealkylation sites (N-methyl/N-ethyl adjacent to an activating group) is 1. The zero-order chi connectivity index (χ0) is 13.5. The zero-order valence-corrected chi connectivity index (χ0v) is 12.1. The number of benzene rings is 1. The van der Waals surface area contributed by atoms with E-state index in [0.717, 1.165) is 26.1 Å². The highest BCUT2D eigenvalue weighted by Crippen LogP contribution is 2.15. The molecule has 3 nitrogen and oxygen atoms in total. The van der Waals surface area contributed by atoms with Gasteiger partial charge in [-0.1, -0.05) is 29.3 Å². The SMILES string of the molecule is COCCCN(C)CC(N)c1cc(C)cc(C)c1. The van der Waals surface area contributed by atoms with E-state index >= 15 is 0 Å². The first-order valence-corrected chi connectivity index (χ1v) is 6.54. The van der Waals surface area contributed by atoms with Crippen molar-refractivity contribution < 1.29 is 4.74 Å². The van der Waals surface area contributed by atoms with E-state index in [1.165, 1.54) is 16.7 Å². The van der Waals surface area contributed by atoms with E-state index in [0.29, 0.717) is 0 Å². The molecule has 0 radical (unpaired) electrons. The summed E-state index contributed by atoms with van der Waals surface area (Å²) in [5, 5.41) is 0. The number of hydrogen-bond acceptors (Lipinski definition) is 3. The van der Waals surface area contributed by atoms with E-state index < -0.39 is 0 Å². The molecule has 1 aromatic carbocycles. The lowest BCUT2D eigenvalue weighted by Gasteiger charge is -2.22. The van der Waals surface area contributed by atoms with E-state index in [9.17, 15) is 0 Å². The third kappa shape index (κ3) is 5.17. The number of ether oxygens (including phenoxy) is 1. The van der Waals surface area contributed by atoms with E-state index in [4.69, 9.17) is 10.5 Å². The molecule has 2 N–H and O–H groups in total. The van der Waals surface area contributed by atoms with Crippen LogP contribution in [0, 0.1) is 13.8 Å². The molecule has 0 aromatic heterocycles. The van der Waals surface area contributed by atoms with Gasteiger partial charge in [-0.25, -0.2) is 0 Å². The second-order valence-electron chi connectivity index (χ2n) is 5.14. The molecule has 1 atom stereocenters. The van der Waals surface area contributed by atoms with E-state index in [1.54, 1.807) is 7.11 Å². The molecule has 1 unspecified atom stereocenters. The second kappa shape index (κ2) is 7.52. The lowest BCUT2D eigenvalue weighted by Crippen LogP contribution is -2.30. The molecule has 0 heterocycles. The van der Waals surface area contributed by atoms with Crippen molar-refractivity contribution >= 4 is 0 Å². The van der Waals surface area contributed by atoms with Gasteiger partial charge in [0.05, 0.1) is 0 Å². The van der Waals surface area contributed by atoms with Gasteiger partial charge in [0.15, 0.2) is 0 Å². The summed E-state index contributed by atoms with van der Waals surface area (Å²) in [5.41, 5.74) is 10.1. The first-order chi connectivity index (χ1) is 8.52. The molecule has 0 bridgehead atoms. The Hall–Kier alpha value is -0.900. The predicted molar refractivity (Wildman–Crippen MR) is 76.8 cm³/mol. The van der Waals surface area contributed by atoms with Gasteiger partial charge < -0.3 is 15.4 Å². The van der Waals surface area contributed by atoms with Crippen molar-refractivity contribution in [3.63, 3.8) is 0 Å². The topological polar surface area (TPSA) is 38.5 Å². The maximum atomic E-state index is 6.27. The molecule has 1 rings (SSSR count). The molecule has 0 aliphatic rings. The summed E-state index contributed by atoms with van der Waals surface area (Å²) in [6.07, 6.45) is 1.05. The third-order valence-corrected chi connectivity index (χ3v) is 3.07. The van der Waals surface area contributed by atoms with Gasteiger partial charge in [-0.15, -0.1) is 0 Å². The maximum absolute atomic E-state index is 6.27. The Kier molecular flexibility index (Phi) is 6.33. The molecule has 0 saturated heterocycles. The molecule has 0 amide bonds. The first kappa shape index (κ1) is 15.2. The van der Waals surface area contributed by atoms with Gasteiger partial charge >= 0.3 is 0 Å². The van der Waals surface area contributed by atoms with Crippen LogP contribution in [0.4, 0.5) is 0 Å². The molecular weight excluding hydrogens is 224 g/mol. The normalized spacial score (nSPS) is 13.0. The highest BCUT2D eigenvalue weighted by molar-refractivity contribution is 5.30. The number of nitrogens with two attached hydrogens (primary N) is 1. The lowest BCUT2D eigenvalue weighted by molar-refractivity contribution is 0.177. The van der Waals surface area contributed by atoms with Crippen LogP contribution >= 0.6 is 0 Å². The van der Waals surface area contributed by atoms with Crippen LogP contribution in [0.5, 0.6) is 0 Å². The van der Waals surface area contributed by atoms with Crippen LogP contribution in [0.3, 0.4) is 0 Å². The monoisotopic (exact) mass is 250 g/mol. The standard InChI is InChI=1S/C15H26N2O/c1-12-8-13(2)10-14(9-12)15(16)11-17(3)6-5-7-18-4/h8-10,15H,5-7,11,16H2,1-4H3. The van der Waals surface area contributed by atoms with Crippen molar-refractivity contribution in [3.05, 3.63) is 34.9 Å². The molecule has 0 aliphatic carbocycles. The Balaban J connectivity index is 2.50. The Labute approximate surface area is 111 Å². The molecule has 0 spiro atoms. The molecular formula is C15H26N2O. The van der Waals surface area contributed by atoms with Crippen molar-refractivity contribution in [1.29, 1.82) is 0 Å². The van der Waals surface area contributed by atoms with Gasteiger partial charge in [-0.2, -0.15) is 0 Å². The molecule has 102 valence electrons. The average Bonchev–Trinajstić information content (AvgIpc) is 2.28. The lowest BCUT2D eigenvalue weighted by atomic mass is 10.0. The number of aryl methyl sites for hydroxylation is 2. The van der Waals surface area contributed by atoms with Crippen LogP contribution in [0.2, 0.25) is 0 Å². The van der Waals surface area contributed by atoms with Crippen LogP contribution in [-0.4, -0.2) is 38.8 Å². The van der Waals surface area contributed by atoms with Gasteiger partial charge in [0.1, 0.15) is 0 Å². The summed E-state index contributed by atoms with van der Waals surface area (Å²) in [6, 6.07) is 6.62. The van der Waals surface area contributed by atoms with E-state index in [1.807, 2.05) is 0 Å². The predicted octanol–water partition coefficient (Wildman–Crippen LogP) is 2.27. The summed E-state index contributed by atoms with van der Waals surface area (Å²) < 4.78 is 5.06. The number of rotatable bonds is 7. The highest BCUT2D eigenvalue weighted by Gasteiger charge is 2.10. The summed E-state index contributed by atoms with van der Waals surface area (Å²) in [5.74, 6) is 0. The van der Waals surface area contributed by atoms with Crippen molar-refractivity contribution in [1.82, 2.24) is 4.90 Å². The van der Waals surface area contributed by atoms with Crippen LogP contribution in [0.15, 0.2) is 18.2 Å². The summed E-state index contributed by atoms with van der Waals surface area (Å²) in [7, 11) is 3.85. The minimum Gasteiger partial charge on any atom is -0.385 e. The van der Waals surface area contributed by atoms with Gasteiger partial charge in [0, 0.05) is 32.8 Å². The first-order valence-electron chi connectivity index (χ1n) is 6.54. The van der Waals surface area contributed by atoms with Crippen LogP contribution in [-0.2, 0) is 4.74 Å². The molecule has 0 fully saturated rings. The molecule has 1 aromatic rings. The Morgan fingerprint density at radius 3 is 2.39 bits per heavy atom. The fourth-order valence-electron chi connectivity index (χ4n) is 2.24. The minimum atomic E-state index is 0.0798. The Morgan fingerprint density at radius 1 is 1.22 bits per heavy atom. The molecule has 18 heavy (non-hydrogen) atoms. The minimum absolute atomic E-state index is 0.0798. The van der Waals surface area contributed by atoms with Crippen LogP contribution in [0.25, 0.3) is 0 Å². The van der Waals surface area contributed by atoms with Crippen LogP contribution < -0.4 is 5.73 Å². The third-order valence-electron chi connectivity index (χ3n) is 3.07. The van der Waals surface area contributed by atoms with E-state index in [-0.39, 0.29) is 6.04 Å². The summed E-state index contributed by atoms with van der Waals surface area (Å²) >= 11 is 0. The van der Waals surface area contributed by atoms with Gasteiger partial charge in [-0.3, -0.25) is 0 Å². The van der Waals surface area contributed by atoms with Crippen molar-refractivity contribution in [2.24, 2.45) is 5.73 Å². The zero-order valence-electron chi connectivity index (χ0n) is 12.1. The second-order valence-corrected chi connectivity index (χ2v) is 5.14. The Bertz CT molecular complexity index is 345. The number of hydrogen-bond donors (Lipinski definition) is 1. The van der Waals surface area contributed by atoms with Gasteiger partial charge in [0.25, 0.3) is 0 Å². The Morgan fingerprint density at radius 2 is 1.83 bits per heavy atom. The smallest absolute Gasteiger partial charge is 0.0474 e. The van der Waals surface area contributed by atoms with Crippen molar-refractivity contribution in [2.75, 3.05) is 33.9 Å². The van der Waals surface area contributed by atoms with Crippen molar-refractivity contribution in [2.45, 2.75) is 26.3 Å². The van der Waals surface area contributed by atoms with Gasteiger partial charge in [-0.05, 0) is 32.9 Å². The van der Waals surface area contributed by atoms with Crippen LogP contribution in [0.1, 0.15) is 29.2 Å². The average molecular weight is 250 g/mol. The molecule has 0 saturated carbocycles. The maximum Gasteiger partial charge on any atom is 0.0474 e. The largest absolute Gasteiger partial charge is 0.385 e. The van der Waals surface area contributed by atoms with Crippen molar-refractivity contribution in [3.8, 4) is 0 Å².